The number of allylic oxidation sites excluding steroid dienone is 2. The van der Waals surface area contributed by atoms with Crippen LogP contribution in [0.15, 0.2) is 155 Å². The molecular weight excluding hydrogens is 861 g/mol. The molecule has 13 nitrogen and oxygen atoms in total. The van der Waals surface area contributed by atoms with Gasteiger partial charge in [-0.3, -0.25) is 19.5 Å². The predicted molar refractivity (Wildman–Crippen MR) is 253 cm³/mol. The number of carbonyl (C=O) groups is 4. The van der Waals surface area contributed by atoms with Crippen LogP contribution in [0.1, 0.15) is 73.9 Å². The van der Waals surface area contributed by atoms with Crippen molar-refractivity contribution in [3.05, 3.63) is 178 Å². The van der Waals surface area contributed by atoms with Crippen LogP contribution in [0.2, 0.25) is 0 Å². The molecule has 2 amide bonds. The molecule has 0 spiro atoms. The number of hydrogen-bond acceptors (Lipinski definition) is 13. The topological polar surface area (TPSA) is 175 Å². The summed E-state index contributed by atoms with van der Waals surface area (Å²) in [7, 11) is 0. The first-order chi connectivity index (χ1) is 31.7. The van der Waals surface area contributed by atoms with Crippen molar-refractivity contribution in [2.75, 3.05) is 24.7 Å². The van der Waals surface area contributed by atoms with Gasteiger partial charge in [0.05, 0.1) is 12.2 Å². The van der Waals surface area contributed by atoms with E-state index in [9.17, 15) is 19.2 Å². The molecule has 2 aliphatic heterocycles. The van der Waals surface area contributed by atoms with Gasteiger partial charge in [-0.2, -0.15) is 0 Å². The van der Waals surface area contributed by atoms with E-state index in [1.807, 2.05) is 104 Å². The van der Waals surface area contributed by atoms with Gasteiger partial charge in [0.1, 0.15) is 29.4 Å². The lowest BCUT2D eigenvalue weighted by Gasteiger charge is -2.49. The Balaban J connectivity index is 1.17. The average Bonchev–Trinajstić information content (AvgIpc) is 3.78. The number of benzene rings is 3. The molecule has 4 heterocycles. The molecule has 1 saturated heterocycles. The molecule has 65 heavy (non-hydrogen) atoms. The molecule has 2 aliphatic rings. The minimum Gasteiger partial charge on any atom is -0.462 e. The Kier molecular flexibility index (Phi) is 15.8. The fourth-order valence-electron chi connectivity index (χ4n) is 7.48. The van der Waals surface area contributed by atoms with Crippen LogP contribution in [0.4, 0.5) is 5.13 Å². The molecule has 0 saturated carbocycles. The third-order valence-electron chi connectivity index (χ3n) is 10.7. The highest BCUT2D eigenvalue weighted by Gasteiger charge is 2.54. The fourth-order valence-corrected chi connectivity index (χ4v) is 9.34. The number of nitrogen functional groups attached to an aromatic ring is 1. The zero-order valence-electron chi connectivity index (χ0n) is 36.1. The van der Waals surface area contributed by atoms with E-state index in [0.29, 0.717) is 17.7 Å². The summed E-state index contributed by atoms with van der Waals surface area (Å²) in [5.41, 5.74) is 8.46. The lowest BCUT2D eigenvalue weighted by Crippen LogP contribution is -2.71. The first-order valence-electron chi connectivity index (χ1n) is 21.5. The number of thioether (sulfide) groups is 1. The first kappa shape index (κ1) is 46.2. The second-order valence-electron chi connectivity index (χ2n) is 15.1. The molecule has 2 aromatic heterocycles. The van der Waals surface area contributed by atoms with Crippen molar-refractivity contribution in [3.63, 3.8) is 0 Å². The fraction of sp³-hybridized carbons (Fsp3) is 0.260. The Morgan fingerprint density at radius 2 is 1.57 bits per heavy atom. The standard InChI is InChI=1S/C50H50N6O7S2/c1-3-5-6-16-29-61-47(59)35(18-4-2)31-62-48(60)43-36(27-26-34-19-17-28-52-30-34)32-64-46-42(45(58)56(43)46)54-44(57)41(40-33-65-49(51)53-40)55-63-50(37-20-10-7-11-21-37,38-22-12-8-13-23-38)39-24-14-9-15-25-39/h7-15,17-28,30,33,42,46H,3-6,16,29,31-32H2,1-2H3,(H2,51,53)(H,54,57)/b27-26-,35-18+,55-41?/t42-,46-/m1/s1. The van der Waals surface area contributed by atoms with Crippen LogP contribution in [0.5, 0.6) is 0 Å². The second kappa shape index (κ2) is 22.2. The van der Waals surface area contributed by atoms with Gasteiger partial charge in [0.15, 0.2) is 10.8 Å². The molecule has 3 aromatic carbocycles. The summed E-state index contributed by atoms with van der Waals surface area (Å²) < 4.78 is 11.3. The van der Waals surface area contributed by atoms with E-state index >= 15 is 0 Å². The molecule has 0 aliphatic carbocycles. The molecule has 0 radical (unpaired) electrons. The molecule has 2 atom stereocenters. The maximum atomic E-state index is 14.5. The van der Waals surface area contributed by atoms with E-state index in [2.05, 4.69) is 27.4 Å². The summed E-state index contributed by atoms with van der Waals surface area (Å²) in [4.78, 5) is 72.5. The molecule has 1 fully saturated rings. The van der Waals surface area contributed by atoms with Crippen LogP contribution in [-0.2, 0) is 39.1 Å². The lowest BCUT2D eigenvalue weighted by molar-refractivity contribution is -0.152. The number of nitrogens with two attached hydrogens (primary N) is 1. The number of ether oxygens (including phenoxy) is 2. The quantitative estimate of drug-likeness (QED) is 0.0147. The monoisotopic (exact) mass is 910 g/mol. The van der Waals surface area contributed by atoms with E-state index in [-0.39, 0.29) is 41.0 Å². The van der Waals surface area contributed by atoms with Gasteiger partial charge in [-0.15, -0.1) is 23.1 Å². The Bertz CT molecular complexity index is 2470. The van der Waals surface area contributed by atoms with Crippen LogP contribution in [0.25, 0.3) is 6.08 Å². The number of nitrogens with zero attached hydrogens (tertiary/aromatic N) is 4. The second-order valence-corrected chi connectivity index (χ2v) is 17.1. The molecule has 3 N–H and O–H groups in total. The third-order valence-corrected chi connectivity index (χ3v) is 12.7. The number of esters is 2. The molecule has 15 heteroatoms. The zero-order chi connectivity index (χ0) is 45.6. The average molecular weight is 911 g/mol. The summed E-state index contributed by atoms with van der Waals surface area (Å²) in [6, 6.07) is 31.3. The van der Waals surface area contributed by atoms with Gasteiger partial charge >= 0.3 is 11.9 Å². The van der Waals surface area contributed by atoms with Crippen molar-refractivity contribution in [2.24, 2.45) is 5.16 Å². The van der Waals surface area contributed by atoms with Gasteiger partial charge in [-0.25, -0.2) is 14.6 Å². The van der Waals surface area contributed by atoms with Gasteiger partial charge in [0, 0.05) is 40.2 Å². The van der Waals surface area contributed by atoms with Gasteiger partial charge < -0.3 is 25.4 Å². The number of β-lactam (4-membered cyclic amide) rings is 1. The summed E-state index contributed by atoms with van der Waals surface area (Å²) in [5.74, 6) is -2.35. The van der Waals surface area contributed by atoms with E-state index in [1.54, 1.807) is 42.1 Å². The molecule has 7 rings (SSSR count). The Hall–Kier alpha value is -6.84. The number of carbonyl (C=O) groups excluding carboxylic acids is 4. The predicted octanol–water partition coefficient (Wildman–Crippen LogP) is 8.20. The van der Waals surface area contributed by atoms with Crippen LogP contribution >= 0.6 is 23.1 Å². The van der Waals surface area contributed by atoms with Crippen LogP contribution in [-0.4, -0.2) is 74.7 Å². The summed E-state index contributed by atoms with van der Waals surface area (Å²) in [6.07, 6.45) is 12.8. The van der Waals surface area contributed by atoms with E-state index < -0.39 is 40.8 Å². The SMILES string of the molecule is CC/C=C(\COC(=O)C1=C(/C=C\c2cccnc2)CS[C@@H]2[C@H](NC(=O)C(=NOC(c3ccccc3)(c3ccccc3)c3ccccc3)c3csc(N)n3)C(=O)N12)C(=O)OCCCCCC. The van der Waals surface area contributed by atoms with E-state index in [0.717, 1.165) is 59.3 Å². The summed E-state index contributed by atoms with van der Waals surface area (Å²) >= 11 is 2.50. The van der Waals surface area contributed by atoms with Crippen molar-refractivity contribution < 1.29 is 33.5 Å². The number of pyridine rings is 1. The number of hydrogen-bond donors (Lipinski definition) is 2. The number of unbranched alkanes of at least 4 members (excludes halogenated alkanes) is 3. The normalized spacial score (nSPS) is 16.5. The van der Waals surface area contributed by atoms with E-state index in [1.165, 1.54) is 16.7 Å². The van der Waals surface area contributed by atoms with Gasteiger partial charge in [-0.05, 0) is 30.0 Å². The van der Waals surface area contributed by atoms with Crippen LogP contribution in [0, 0.1) is 0 Å². The molecule has 5 aromatic rings. The highest BCUT2D eigenvalue weighted by atomic mass is 32.2. The number of thiazole rings is 1. The number of anilines is 1. The molecule has 0 bridgehead atoms. The highest BCUT2D eigenvalue weighted by Crippen LogP contribution is 2.43. The van der Waals surface area contributed by atoms with Crippen LogP contribution < -0.4 is 11.1 Å². The Morgan fingerprint density at radius 1 is 0.892 bits per heavy atom. The largest absolute Gasteiger partial charge is 0.462 e. The molecule has 0 unspecified atom stereocenters. The number of oxime groups is 1. The number of nitrogens with one attached hydrogen (secondary N) is 1. The Labute approximate surface area is 386 Å². The van der Waals surface area contributed by atoms with Crippen molar-refractivity contribution in [1.29, 1.82) is 0 Å². The van der Waals surface area contributed by atoms with Gasteiger partial charge in [0.2, 0.25) is 5.60 Å². The van der Waals surface area contributed by atoms with E-state index in [4.69, 9.17) is 20.0 Å². The lowest BCUT2D eigenvalue weighted by atomic mass is 9.80. The third kappa shape index (κ3) is 10.8. The van der Waals surface area contributed by atoms with Crippen LogP contribution in [0.3, 0.4) is 0 Å². The Morgan fingerprint density at radius 3 is 2.15 bits per heavy atom. The van der Waals surface area contributed by atoms with Crippen molar-refractivity contribution in [1.82, 2.24) is 20.2 Å². The number of aromatic nitrogens is 2. The smallest absolute Gasteiger partial charge is 0.355 e. The summed E-state index contributed by atoms with van der Waals surface area (Å²) in [6.45, 7) is 3.89. The maximum absolute atomic E-state index is 14.5. The number of fused-ring (bicyclic) bond motifs is 1. The number of rotatable bonds is 20. The maximum Gasteiger partial charge on any atom is 0.355 e. The molecular formula is C50H50N6O7S2. The highest BCUT2D eigenvalue weighted by molar-refractivity contribution is 8.00. The minimum atomic E-state index is -1.32. The van der Waals surface area contributed by atoms with Gasteiger partial charge in [0.25, 0.3) is 11.8 Å². The number of amides is 2. The zero-order valence-corrected chi connectivity index (χ0v) is 37.8. The summed E-state index contributed by atoms with van der Waals surface area (Å²) in [5, 5.41) is 8.55. The van der Waals surface area contributed by atoms with Crippen molar-refractivity contribution in [3.8, 4) is 0 Å². The van der Waals surface area contributed by atoms with Crippen molar-refractivity contribution >= 4 is 63.8 Å². The van der Waals surface area contributed by atoms with Gasteiger partial charge in [-0.1, -0.05) is 154 Å². The molecule has 334 valence electrons. The van der Waals surface area contributed by atoms with Crippen molar-refractivity contribution in [2.45, 2.75) is 63.0 Å². The minimum absolute atomic E-state index is 0.0102. The first-order valence-corrected chi connectivity index (χ1v) is 23.4.